The van der Waals surface area contributed by atoms with E-state index in [1.165, 1.54) is 0 Å². The molecule has 0 bridgehead atoms. The van der Waals surface area contributed by atoms with E-state index in [0.717, 1.165) is 37.7 Å². The number of nitrogens with zero attached hydrogens (tertiary/aromatic N) is 2. The van der Waals surface area contributed by atoms with E-state index in [0.29, 0.717) is 76.7 Å². The zero-order valence-electron chi connectivity index (χ0n) is 24.0. The van der Waals surface area contributed by atoms with Crippen LogP contribution in [-0.4, -0.2) is 100 Å². The summed E-state index contributed by atoms with van der Waals surface area (Å²) in [6.45, 7) is 12.4. The van der Waals surface area contributed by atoms with Crippen LogP contribution in [0.2, 0.25) is 0 Å². The maximum Gasteiger partial charge on any atom is 0.167 e. The number of carbonyl (C=O) groups excluding carboxylic acids is 2. The maximum atomic E-state index is 13.8. The molecule has 0 spiro atoms. The Hall–Kier alpha value is -2.78. The van der Waals surface area contributed by atoms with Gasteiger partial charge in [0.15, 0.2) is 11.6 Å². The molecule has 2 aromatic rings. The first kappa shape index (κ1) is 30.2. The van der Waals surface area contributed by atoms with Gasteiger partial charge in [-0.05, 0) is 75.2 Å². The topological polar surface area (TPSA) is 77.5 Å². The lowest BCUT2D eigenvalue weighted by atomic mass is 9.86. The number of ketones is 2. The first-order chi connectivity index (χ1) is 19.6. The van der Waals surface area contributed by atoms with Crippen LogP contribution in [0.3, 0.4) is 0 Å². The van der Waals surface area contributed by atoms with Crippen LogP contribution >= 0.6 is 0 Å². The molecule has 2 heterocycles. The summed E-state index contributed by atoms with van der Waals surface area (Å²) in [4.78, 5) is 32.2. The molecule has 8 heteroatoms. The molecule has 40 heavy (non-hydrogen) atoms. The number of hydrogen-bond acceptors (Lipinski definition) is 8. The molecule has 2 saturated heterocycles. The lowest BCUT2D eigenvalue weighted by Crippen LogP contribution is -2.42. The molecule has 0 aromatic heterocycles. The zero-order valence-corrected chi connectivity index (χ0v) is 24.0. The van der Waals surface area contributed by atoms with E-state index < -0.39 is 0 Å². The highest BCUT2D eigenvalue weighted by atomic mass is 16.5. The maximum absolute atomic E-state index is 13.8. The van der Waals surface area contributed by atoms with Gasteiger partial charge in [0.05, 0.1) is 39.6 Å². The molecule has 2 aromatic carbocycles. The fourth-order valence-electron chi connectivity index (χ4n) is 5.44. The quantitative estimate of drug-likeness (QED) is 0.304. The molecule has 0 saturated carbocycles. The normalized spacial score (nSPS) is 18.1. The average molecular weight is 553 g/mol. The predicted octanol–water partition coefficient (Wildman–Crippen LogP) is 4.23. The van der Waals surface area contributed by atoms with E-state index in [2.05, 4.69) is 9.80 Å². The minimum atomic E-state index is -0.212. The zero-order chi connectivity index (χ0) is 28.2. The van der Waals surface area contributed by atoms with E-state index in [1.807, 2.05) is 62.4 Å². The smallest absolute Gasteiger partial charge is 0.167 e. The summed E-state index contributed by atoms with van der Waals surface area (Å²) >= 11 is 0. The van der Waals surface area contributed by atoms with Crippen molar-refractivity contribution >= 4 is 11.6 Å². The van der Waals surface area contributed by atoms with Gasteiger partial charge in [0, 0.05) is 62.2 Å². The van der Waals surface area contributed by atoms with Crippen LogP contribution in [0.1, 0.15) is 47.4 Å². The molecule has 2 atom stereocenters. The molecule has 0 amide bonds. The highest BCUT2D eigenvalue weighted by Gasteiger charge is 2.29. The number of ether oxygens (including phenoxy) is 4. The second-order valence-electron chi connectivity index (χ2n) is 10.4. The second-order valence-corrected chi connectivity index (χ2v) is 10.4. The van der Waals surface area contributed by atoms with Crippen molar-refractivity contribution in [2.75, 3.05) is 78.9 Å². The number of hydrogen-bond donors (Lipinski definition) is 0. The fraction of sp³-hybridized carbons (Fsp3) is 0.562. The lowest BCUT2D eigenvalue weighted by Gasteiger charge is -2.32. The van der Waals surface area contributed by atoms with Crippen molar-refractivity contribution in [3.8, 4) is 11.5 Å². The lowest BCUT2D eigenvalue weighted by molar-refractivity contribution is 0.0254. The Morgan fingerprint density at radius 1 is 0.650 bits per heavy atom. The Morgan fingerprint density at radius 2 is 1.00 bits per heavy atom. The minimum Gasteiger partial charge on any atom is -0.494 e. The molecule has 4 rings (SSSR count). The van der Waals surface area contributed by atoms with Crippen molar-refractivity contribution in [2.24, 2.45) is 11.8 Å². The van der Waals surface area contributed by atoms with Gasteiger partial charge in [0.1, 0.15) is 11.5 Å². The molecule has 2 unspecified atom stereocenters. The van der Waals surface area contributed by atoms with Gasteiger partial charge in [0.2, 0.25) is 0 Å². The summed E-state index contributed by atoms with van der Waals surface area (Å²) in [5.74, 6) is 1.33. The molecular formula is C32H44N2O6. The summed E-state index contributed by atoms with van der Waals surface area (Å²) in [5.41, 5.74) is 1.37. The van der Waals surface area contributed by atoms with Crippen molar-refractivity contribution in [1.82, 2.24) is 9.80 Å². The Bertz CT molecular complexity index is 961. The van der Waals surface area contributed by atoms with Gasteiger partial charge in [-0.1, -0.05) is 0 Å². The van der Waals surface area contributed by atoms with Crippen LogP contribution in [0, 0.1) is 11.8 Å². The molecular weight excluding hydrogens is 508 g/mol. The largest absolute Gasteiger partial charge is 0.494 e. The van der Waals surface area contributed by atoms with Gasteiger partial charge >= 0.3 is 0 Å². The van der Waals surface area contributed by atoms with Crippen molar-refractivity contribution in [1.29, 1.82) is 0 Å². The van der Waals surface area contributed by atoms with E-state index in [4.69, 9.17) is 18.9 Å². The Balaban J connectivity index is 1.50. The molecule has 0 radical (unpaired) electrons. The Kier molecular flexibility index (Phi) is 12.0. The van der Waals surface area contributed by atoms with Crippen molar-refractivity contribution in [2.45, 2.75) is 26.7 Å². The van der Waals surface area contributed by atoms with E-state index >= 15 is 0 Å². The monoisotopic (exact) mass is 552 g/mol. The van der Waals surface area contributed by atoms with Gasteiger partial charge in [-0.2, -0.15) is 0 Å². The average Bonchev–Trinajstić information content (AvgIpc) is 3.00. The molecule has 2 fully saturated rings. The summed E-state index contributed by atoms with van der Waals surface area (Å²) < 4.78 is 22.2. The van der Waals surface area contributed by atoms with Crippen molar-refractivity contribution < 1.29 is 28.5 Å². The number of benzene rings is 2. The molecule has 218 valence electrons. The summed E-state index contributed by atoms with van der Waals surface area (Å²) in [7, 11) is 0. The Labute approximate surface area is 238 Å². The molecule has 2 aliphatic heterocycles. The Morgan fingerprint density at radius 3 is 1.32 bits per heavy atom. The van der Waals surface area contributed by atoms with Crippen LogP contribution in [0.4, 0.5) is 0 Å². The van der Waals surface area contributed by atoms with E-state index in [-0.39, 0.29) is 23.4 Å². The van der Waals surface area contributed by atoms with Crippen molar-refractivity contribution in [3.05, 3.63) is 59.7 Å². The van der Waals surface area contributed by atoms with Crippen LogP contribution in [-0.2, 0) is 9.47 Å². The van der Waals surface area contributed by atoms with Crippen molar-refractivity contribution in [3.63, 3.8) is 0 Å². The predicted molar refractivity (Wildman–Crippen MR) is 155 cm³/mol. The SMILES string of the molecule is CCOc1ccc(C(=O)C(CCC(CN2CCOCC2)C(=O)c2ccc(OCC)cc2)CN2CCOCC2)cc1. The summed E-state index contributed by atoms with van der Waals surface area (Å²) in [6.07, 6.45) is 1.28. The second kappa shape index (κ2) is 15.9. The summed E-state index contributed by atoms with van der Waals surface area (Å²) in [6, 6.07) is 14.9. The number of rotatable bonds is 15. The van der Waals surface area contributed by atoms with Gasteiger partial charge in [-0.15, -0.1) is 0 Å². The third kappa shape index (κ3) is 8.86. The standard InChI is InChI=1S/C32H44N2O6/c1-3-39-29-11-7-25(8-12-29)31(35)27(23-33-15-19-37-20-16-33)5-6-28(24-34-17-21-38-22-18-34)32(36)26-9-13-30(14-10-26)40-4-2/h7-14,27-28H,3-6,15-24H2,1-2H3. The third-order valence-electron chi connectivity index (χ3n) is 7.67. The van der Waals surface area contributed by atoms with E-state index in [9.17, 15) is 9.59 Å². The van der Waals surface area contributed by atoms with Crippen LogP contribution in [0.5, 0.6) is 11.5 Å². The first-order valence-electron chi connectivity index (χ1n) is 14.7. The summed E-state index contributed by atoms with van der Waals surface area (Å²) in [5, 5.41) is 0. The molecule has 2 aliphatic rings. The molecule has 8 nitrogen and oxygen atoms in total. The van der Waals surface area contributed by atoms with E-state index in [1.54, 1.807) is 0 Å². The number of Topliss-reactive ketones (excluding diaryl/α,β-unsaturated/α-hetero) is 2. The minimum absolute atomic E-state index is 0.119. The van der Waals surface area contributed by atoms with Gasteiger partial charge < -0.3 is 18.9 Å². The van der Waals surface area contributed by atoms with Gasteiger partial charge in [-0.25, -0.2) is 0 Å². The molecule has 0 N–H and O–H groups in total. The highest BCUT2D eigenvalue weighted by molar-refractivity contribution is 5.99. The van der Waals surface area contributed by atoms with Gasteiger partial charge in [0.25, 0.3) is 0 Å². The van der Waals surface area contributed by atoms with Crippen LogP contribution in [0.15, 0.2) is 48.5 Å². The van der Waals surface area contributed by atoms with Gasteiger partial charge in [-0.3, -0.25) is 19.4 Å². The van der Waals surface area contributed by atoms with Crippen LogP contribution in [0.25, 0.3) is 0 Å². The number of carbonyl (C=O) groups is 2. The fourth-order valence-corrected chi connectivity index (χ4v) is 5.44. The van der Waals surface area contributed by atoms with Crippen LogP contribution < -0.4 is 9.47 Å². The number of morpholine rings is 2. The molecule has 0 aliphatic carbocycles. The third-order valence-corrected chi connectivity index (χ3v) is 7.67. The first-order valence-corrected chi connectivity index (χ1v) is 14.7. The highest BCUT2D eigenvalue weighted by Crippen LogP contribution is 2.25.